The molecule has 0 spiro atoms. The molecule has 3 heteroatoms. The molecule has 1 fully saturated rings. The number of anilines is 1. The zero-order valence-electron chi connectivity index (χ0n) is 11.5. The third-order valence-electron chi connectivity index (χ3n) is 3.82. The van der Waals surface area contributed by atoms with Gasteiger partial charge in [-0.05, 0) is 59.8 Å². The minimum absolute atomic E-state index is 0.566. The number of rotatable bonds is 6. The second-order valence-corrected chi connectivity index (χ2v) is 6.16. The van der Waals surface area contributed by atoms with Gasteiger partial charge >= 0.3 is 0 Å². The molecule has 100 valence electrons. The molecule has 0 saturated heterocycles. The summed E-state index contributed by atoms with van der Waals surface area (Å²) in [7, 11) is 2.16. The summed E-state index contributed by atoms with van der Waals surface area (Å²) < 4.78 is 1.19. The molecule has 1 unspecified atom stereocenters. The first-order chi connectivity index (χ1) is 8.61. The highest BCUT2D eigenvalue weighted by Gasteiger charge is 2.20. The zero-order chi connectivity index (χ0) is 13.1. The fourth-order valence-electron chi connectivity index (χ4n) is 2.01. The van der Waals surface area contributed by atoms with Crippen LogP contribution >= 0.6 is 15.9 Å². The monoisotopic (exact) mass is 310 g/mol. The van der Waals surface area contributed by atoms with Gasteiger partial charge in [0.15, 0.2) is 0 Å². The molecule has 1 aliphatic rings. The Labute approximate surface area is 119 Å². The maximum absolute atomic E-state index is 3.70. The van der Waals surface area contributed by atoms with Crippen LogP contribution in [0.15, 0.2) is 22.7 Å². The molecular weight excluding hydrogens is 288 g/mol. The number of nitrogens with one attached hydrogen (secondary N) is 1. The first-order valence-corrected chi connectivity index (χ1v) is 7.65. The zero-order valence-corrected chi connectivity index (χ0v) is 13.1. The molecule has 2 rings (SSSR count). The highest BCUT2D eigenvalue weighted by atomic mass is 79.9. The van der Waals surface area contributed by atoms with Gasteiger partial charge in [0.1, 0.15) is 0 Å². The smallest absolute Gasteiger partial charge is 0.0510 e. The van der Waals surface area contributed by atoms with E-state index in [-0.39, 0.29) is 0 Å². The number of hydrogen-bond donors (Lipinski definition) is 1. The van der Waals surface area contributed by atoms with Gasteiger partial charge in [-0.3, -0.25) is 0 Å². The minimum Gasteiger partial charge on any atom is -0.371 e. The SMILES string of the molecule is CCC(C)N(C)c1ccc(CNC2CC2)cc1Br. The third-order valence-corrected chi connectivity index (χ3v) is 4.45. The predicted octanol–water partition coefficient (Wildman–Crippen LogP) is 3.94. The molecule has 1 aromatic carbocycles. The van der Waals surface area contributed by atoms with Crippen LogP contribution in [-0.4, -0.2) is 19.1 Å². The van der Waals surface area contributed by atoms with E-state index in [0.717, 1.165) is 19.0 Å². The molecular formula is C15H23BrN2. The van der Waals surface area contributed by atoms with Crippen molar-refractivity contribution >= 4 is 21.6 Å². The Morgan fingerprint density at radius 1 is 1.44 bits per heavy atom. The molecule has 0 heterocycles. The van der Waals surface area contributed by atoms with Crippen molar-refractivity contribution < 1.29 is 0 Å². The van der Waals surface area contributed by atoms with Gasteiger partial charge in [-0.15, -0.1) is 0 Å². The average Bonchev–Trinajstić information content (AvgIpc) is 3.18. The molecule has 1 aliphatic carbocycles. The highest BCUT2D eigenvalue weighted by Crippen LogP contribution is 2.29. The van der Waals surface area contributed by atoms with E-state index in [0.29, 0.717) is 6.04 Å². The average molecular weight is 311 g/mol. The van der Waals surface area contributed by atoms with E-state index >= 15 is 0 Å². The second-order valence-electron chi connectivity index (χ2n) is 5.31. The van der Waals surface area contributed by atoms with Crippen LogP contribution in [0.5, 0.6) is 0 Å². The van der Waals surface area contributed by atoms with Gasteiger partial charge < -0.3 is 10.2 Å². The summed E-state index contributed by atoms with van der Waals surface area (Å²) in [6, 6.07) is 8.03. The van der Waals surface area contributed by atoms with Crippen LogP contribution in [0.3, 0.4) is 0 Å². The Hall–Kier alpha value is -0.540. The van der Waals surface area contributed by atoms with Crippen LogP contribution in [-0.2, 0) is 6.54 Å². The Kier molecular flexibility index (Phi) is 4.68. The molecule has 0 bridgehead atoms. The number of nitrogens with zero attached hydrogens (tertiary/aromatic N) is 1. The quantitative estimate of drug-likeness (QED) is 0.856. The van der Waals surface area contributed by atoms with Gasteiger partial charge in [0.2, 0.25) is 0 Å². The predicted molar refractivity (Wildman–Crippen MR) is 82.2 cm³/mol. The Bertz CT molecular complexity index is 401. The number of halogens is 1. The largest absolute Gasteiger partial charge is 0.371 e. The summed E-state index contributed by atoms with van der Waals surface area (Å²) in [5, 5.41) is 3.55. The highest BCUT2D eigenvalue weighted by molar-refractivity contribution is 9.10. The van der Waals surface area contributed by atoms with Crippen molar-refractivity contribution in [3.8, 4) is 0 Å². The Morgan fingerprint density at radius 2 is 2.17 bits per heavy atom. The second kappa shape index (κ2) is 6.07. The lowest BCUT2D eigenvalue weighted by atomic mass is 10.1. The van der Waals surface area contributed by atoms with Crippen LogP contribution in [0.1, 0.15) is 38.7 Å². The molecule has 18 heavy (non-hydrogen) atoms. The van der Waals surface area contributed by atoms with Crippen LogP contribution in [0.4, 0.5) is 5.69 Å². The third kappa shape index (κ3) is 3.48. The maximum atomic E-state index is 3.70. The first-order valence-electron chi connectivity index (χ1n) is 6.86. The van der Waals surface area contributed by atoms with Gasteiger partial charge in [-0.25, -0.2) is 0 Å². The lowest BCUT2D eigenvalue weighted by Gasteiger charge is -2.27. The first kappa shape index (κ1) is 13.9. The molecule has 0 aromatic heterocycles. The van der Waals surface area contributed by atoms with Crippen molar-refractivity contribution in [3.05, 3.63) is 28.2 Å². The van der Waals surface area contributed by atoms with Crippen LogP contribution in [0.25, 0.3) is 0 Å². The van der Waals surface area contributed by atoms with Crippen LogP contribution < -0.4 is 10.2 Å². The summed E-state index contributed by atoms with van der Waals surface area (Å²) in [6.45, 7) is 5.47. The van der Waals surface area contributed by atoms with Gasteiger partial charge in [0.25, 0.3) is 0 Å². The van der Waals surface area contributed by atoms with Crippen molar-refractivity contribution in [2.24, 2.45) is 0 Å². The molecule has 0 aliphatic heterocycles. The fraction of sp³-hybridized carbons (Fsp3) is 0.600. The van der Waals surface area contributed by atoms with Gasteiger partial charge in [-0.2, -0.15) is 0 Å². The lowest BCUT2D eigenvalue weighted by molar-refractivity contribution is 0.661. The van der Waals surface area contributed by atoms with E-state index in [2.05, 4.69) is 65.2 Å². The molecule has 1 atom stereocenters. The van der Waals surface area contributed by atoms with E-state index < -0.39 is 0 Å². The number of benzene rings is 1. The molecule has 2 nitrogen and oxygen atoms in total. The summed E-state index contributed by atoms with van der Waals surface area (Å²) in [6.07, 6.45) is 3.85. The van der Waals surface area contributed by atoms with Gasteiger partial charge in [0, 0.05) is 30.1 Å². The van der Waals surface area contributed by atoms with Crippen molar-refractivity contribution in [1.29, 1.82) is 0 Å². The van der Waals surface area contributed by atoms with Crippen LogP contribution in [0, 0.1) is 0 Å². The van der Waals surface area contributed by atoms with E-state index in [1.807, 2.05) is 0 Å². The Balaban J connectivity index is 2.03. The molecule has 0 amide bonds. The molecule has 1 saturated carbocycles. The Morgan fingerprint density at radius 3 is 2.72 bits per heavy atom. The van der Waals surface area contributed by atoms with E-state index in [9.17, 15) is 0 Å². The normalized spacial score (nSPS) is 16.7. The van der Waals surface area contributed by atoms with Crippen molar-refractivity contribution in [2.45, 2.75) is 51.7 Å². The summed E-state index contributed by atoms with van der Waals surface area (Å²) >= 11 is 3.70. The minimum atomic E-state index is 0.566. The summed E-state index contributed by atoms with van der Waals surface area (Å²) in [4.78, 5) is 2.34. The summed E-state index contributed by atoms with van der Waals surface area (Å²) in [5.74, 6) is 0. The topological polar surface area (TPSA) is 15.3 Å². The molecule has 1 N–H and O–H groups in total. The number of hydrogen-bond acceptors (Lipinski definition) is 2. The van der Waals surface area contributed by atoms with E-state index in [4.69, 9.17) is 0 Å². The fourth-order valence-corrected chi connectivity index (χ4v) is 2.71. The van der Waals surface area contributed by atoms with Gasteiger partial charge in [0.05, 0.1) is 5.69 Å². The van der Waals surface area contributed by atoms with Crippen molar-refractivity contribution in [3.63, 3.8) is 0 Å². The van der Waals surface area contributed by atoms with Crippen molar-refractivity contribution in [2.75, 3.05) is 11.9 Å². The molecule has 1 aromatic rings. The van der Waals surface area contributed by atoms with E-state index in [1.165, 1.54) is 28.6 Å². The lowest BCUT2D eigenvalue weighted by Crippen LogP contribution is -2.28. The molecule has 0 radical (unpaired) electrons. The standard InChI is InChI=1S/C15H23BrN2/c1-4-11(2)18(3)15-8-5-12(9-14(15)16)10-17-13-6-7-13/h5,8-9,11,13,17H,4,6-7,10H2,1-3H3. The van der Waals surface area contributed by atoms with Crippen molar-refractivity contribution in [1.82, 2.24) is 5.32 Å². The van der Waals surface area contributed by atoms with E-state index in [1.54, 1.807) is 0 Å². The maximum Gasteiger partial charge on any atom is 0.0510 e. The van der Waals surface area contributed by atoms with Crippen LogP contribution in [0.2, 0.25) is 0 Å². The summed E-state index contributed by atoms with van der Waals surface area (Å²) in [5.41, 5.74) is 2.63. The van der Waals surface area contributed by atoms with Gasteiger partial charge in [-0.1, -0.05) is 13.0 Å².